The second kappa shape index (κ2) is 7.69. The van der Waals surface area contributed by atoms with E-state index in [0.29, 0.717) is 6.61 Å². The van der Waals surface area contributed by atoms with Crippen molar-refractivity contribution in [2.24, 2.45) is 4.99 Å². The average Bonchev–Trinajstić information content (AvgIpc) is 3.02. The Bertz CT molecular complexity index is 779. The summed E-state index contributed by atoms with van der Waals surface area (Å²) in [5.41, 5.74) is 1.94. The second-order valence-electron chi connectivity index (χ2n) is 7.90. The van der Waals surface area contributed by atoms with Gasteiger partial charge < -0.3 is 4.74 Å². The summed E-state index contributed by atoms with van der Waals surface area (Å²) in [6, 6.07) is 8.78. The van der Waals surface area contributed by atoms with Crippen LogP contribution in [0.5, 0.6) is 0 Å². The number of rotatable bonds is 8. The number of hydrogen-bond donors (Lipinski definition) is 0. The number of hydrogen-bond acceptors (Lipinski definition) is 3. The molecule has 0 aromatic heterocycles. The van der Waals surface area contributed by atoms with Crippen LogP contribution in [0.3, 0.4) is 0 Å². The van der Waals surface area contributed by atoms with Crippen LogP contribution in [0.2, 0.25) is 0 Å². The zero-order valence-electron chi connectivity index (χ0n) is 16.5. The molecule has 3 heteroatoms. The highest BCUT2D eigenvalue weighted by Crippen LogP contribution is 2.44. The van der Waals surface area contributed by atoms with Gasteiger partial charge in [0.05, 0.1) is 17.0 Å². The Kier molecular flexibility index (Phi) is 5.52. The van der Waals surface area contributed by atoms with Gasteiger partial charge in [0, 0.05) is 13.1 Å². The average molecular weight is 363 g/mol. The molecule has 3 rings (SSSR count). The van der Waals surface area contributed by atoms with Crippen molar-refractivity contribution in [2.45, 2.75) is 37.3 Å². The first-order chi connectivity index (χ1) is 13.0. The number of nitrogens with zero attached hydrogens (tertiary/aromatic N) is 2. The molecule has 0 radical (unpaired) electrons. The van der Waals surface area contributed by atoms with Gasteiger partial charge in [-0.3, -0.25) is 4.90 Å². The van der Waals surface area contributed by atoms with E-state index in [1.807, 2.05) is 18.2 Å². The number of fused-ring (bicyclic) bond motifs is 1. The minimum atomic E-state index is -0.392. The first kappa shape index (κ1) is 19.4. The molecule has 2 aliphatic rings. The summed E-state index contributed by atoms with van der Waals surface area (Å²) in [6.07, 6.45) is 11.1. The maximum atomic E-state index is 6.12. The number of ether oxygens (including phenoxy) is 1. The minimum Gasteiger partial charge on any atom is -0.478 e. The van der Waals surface area contributed by atoms with E-state index >= 15 is 0 Å². The maximum Gasteiger partial charge on any atom is 0.199 e. The number of aliphatic imine (C=N–C) groups is 1. The van der Waals surface area contributed by atoms with Crippen LogP contribution in [0.1, 0.15) is 37.4 Å². The van der Waals surface area contributed by atoms with E-state index in [1.54, 1.807) is 0 Å². The first-order valence-electron chi connectivity index (χ1n) is 9.56. The Balaban J connectivity index is 2.13. The summed E-state index contributed by atoms with van der Waals surface area (Å²) >= 11 is 0. The van der Waals surface area contributed by atoms with Crippen LogP contribution in [0.4, 0.5) is 0 Å². The number of benzene rings is 1. The van der Waals surface area contributed by atoms with E-state index in [4.69, 9.17) is 9.73 Å². The third-order valence-electron chi connectivity index (χ3n) is 5.26. The molecule has 0 amide bonds. The molecule has 0 unspecified atom stereocenters. The van der Waals surface area contributed by atoms with Gasteiger partial charge >= 0.3 is 0 Å². The Morgan fingerprint density at radius 3 is 2.44 bits per heavy atom. The molecule has 27 heavy (non-hydrogen) atoms. The van der Waals surface area contributed by atoms with Crippen molar-refractivity contribution in [2.75, 3.05) is 19.7 Å². The highest BCUT2D eigenvalue weighted by atomic mass is 16.5. The first-order valence-corrected chi connectivity index (χ1v) is 9.56. The van der Waals surface area contributed by atoms with Gasteiger partial charge in [-0.25, -0.2) is 4.99 Å². The molecule has 1 aromatic rings. The molecular weight excluding hydrogens is 332 g/mol. The Morgan fingerprint density at radius 1 is 1.15 bits per heavy atom. The summed E-state index contributed by atoms with van der Waals surface area (Å²) in [7, 11) is 0. The lowest BCUT2D eigenvalue weighted by Gasteiger charge is -2.40. The van der Waals surface area contributed by atoms with Gasteiger partial charge in [-0.2, -0.15) is 0 Å². The monoisotopic (exact) mass is 362 g/mol. The van der Waals surface area contributed by atoms with E-state index in [2.05, 4.69) is 74.9 Å². The minimum absolute atomic E-state index is 0.171. The van der Waals surface area contributed by atoms with E-state index < -0.39 is 5.41 Å². The van der Waals surface area contributed by atoms with Crippen LogP contribution in [0.25, 0.3) is 0 Å². The Hall–Kier alpha value is -2.39. The van der Waals surface area contributed by atoms with Gasteiger partial charge in [0.15, 0.2) is 5.90 Å². The van der Waals surface area contributed by atoms with Gasteiger partial charge in [-0.05, 0) is 31.4 Å². The van der Waals surface area contributed by atoms with E-state index in [1.165, 1.54) is 11.1 Å². The van der Waals surface area contributed by atoms with Gasteiger partial charge in [0.25, 0.3) is 0 Å². The predicted molar refractivity (Wildman–Crippen MR) is 114 cm³/mol. The molecule has 2 atom stereocenters. The van der Waals surface area contributed by atoms with E-state index in [0.717, 1.165) is 25.4 Å². The van der Waals surface area contributed by atoms with Crippen LogP contribution < -0.4 is 0 Å². The fourth-order valence-corrected chi connectivity index (χ4v) is 4.05. The SMILES string of the molecule is C=CCN(CC=C)[C@@H]1C=C[C@](CC=C)(C2=NC(C)(C)CO2)c2ccccc21. The van der Waals surface area contributed by atoms with Crippen LogP contribution in [-0.4, -0.2) is 36.0 Å². The van der Waals surface area contributed by atoms with Crippen molar-refractivity contribution in [3.8, 4) is 0 Å². The lowest BCUT2D eigenvalue weighted by atomic mass is 9.70. The van der Waals surface area contributed by atoms with Crippen molar-refractivity contribution < 1.29 is 4.74 Å². The molecule has 1 heterocycles. The zero-order valence-corrected chi connectivity index (χ0v) is 16.5. The van der Waals surface area contributed by atoms with Crippen LogP contribution in [0.15, 0.2) is 79.4 Å². The zero-order chi connectivity index (χ0) is 19.5. The van der Waals surface area contributed by atoms with Gasteiger partial charge in [-0.1, -0.05) is 54.6 Å². The molecule has 0 saturated carbocycles. The molecule has 142 valence electrons. The molecule has 0 spiro atoms. The Labute approximate surface area is 163 Å². The van der Waals surface area contributed by atoms with Crippen molar-refractivity contribution in [1.29, 1.82) is 0 Å². The van der Waals surface area contributed by atoms with Crippen LogP contribution in [0, 0.1) is 0 Å². The van der Waals surface area contributed by atoms with E-state index in [9.17, 15) is 0 Å². The summed E-state index contributed by atoms with van der Waals surface area (Å²) < 4.78 is 6.12. The van der Waals surface area contributed by atoms with Crippen LogP contribution in [-0.2, 0) is 10.2 Å². The van der Waals surface area contributed by atoms with Crippen molar-refractivity contribution in [3.05, 3.63) is 85.5 Å². The molecular formula is C24H30N2O. The van der Waals surface area contributed by atoms with Gasteiger partial charge in [0.2, 0.25) is 0 Å². The van der Waals surface area contributed by atoms with Crippen LogP contribution >= 0.6 is 0 Å². The highest BCUT2D eigenvalue weighted by Gasteiger charge is 2.45. The maximum absolute atomic E-state index is 6.12. The predicted octanol–water partition coefficient (Wildman–Crippen LogP) is 4.99. The van der Waals surface area contributed by atoms with Crippen molar-refractivity contribution in [1.82, 2.24) is 4.90 Å². The largest absolute Gasteiger partial charge is 0.478 e. The molecule has 1 aliphatic carbocycles. The highest BCUT2D eigenvalue weighted by molar-refractivity contribution is 5.93. The molecule has 1 aliphatic heterocycles. The normalized spacial score (nSPS) is 25.4. The Morgan fingerprint density at radius 2 is 1.85 bits per heavy atom. The third kappa shape index (κ3) is 3.57. The lowest BCUT2D eigenvalue weighted by Crippen LogP contribution is -2.40. The molecule has 3 nitrogen and oxygen atoms in total. The third-order valence-corrected chi connectivity index (χ3v) is 5.26. The summed E-state index contributed by atoms with van der Waals surface area (Å²) in [5.74, 6) is 0.800. The fourth-order valence-electron chi connectivity index (χ4n) is 4.05. The van der Waals surface area contributed by atoms with Crippen molar-refractivity contribution >= 4 is 5.90 Å². The molecule has 1 aromatic carbocycles. The number of allylic oxidation sites excluding steroid dienone is 1. The topological polar surface area (TPSA) is 24.8 Å². The molecule has 0 fully saturated rings. The quantitative estimate of drug-likeness (QED) is 0.609. The van der Waals surface area contributed by atoms with Gasteiger partial charge in [-0.15, -0.1) is 19.7 Å². The van der Waals surface area contributed by atoms with E-state index in [-0.39, 0.29) is 11.6 Å². The van der Waals surface area contributed by atoms with Crippen molar-refractivity contribution in [3.63, 3.8) is 0 Å². The molecule has 0 N–H and O–H groups in total. The summed E-state index contributed by atoms with van der Waals surface area (Å²) in [4.78, 5) is 7.28. The lowest BCUT2D eigenvalue weighted by molar-refractivity contribution is 0.258. The van der Waals surface area contributed by atoms with Gasteiger partial charge in [0.1, 0.15) is 6.61 Å². The summed E-state index contributed by atoms with van der Waals surface area (Å²) in [6.45, 7) is 18.3. The summed E-state index contributed by atoms with van der Waals surface area (Å²) in [5, 5.41) is 0. The molecule has 0 saturated heterocycles. The standard InChI is InChI=1S/C24H30N2O/c1-6-14-24(22-25-23(4,5)18-27-22)15-13-21(26(16-7-2)17-8-3)19-11-9-10-12-20(19)24/h6-13,15,21H,1-3,14,16-18H2,4-5H3/t21-,24+/m1/s1. The second-order valence-corrected chi connectivity index (χ2v) is 7.90. The smallest absolute Gasteiger partial charge is 0.199 e. The fraction of sp³-hybridized carbons (Fsp3) is 0.375. The molecule has 0 bridgehead atoms.